The van der Waals surface area contributed by atoms with Gasteiger partial charge in [-0.2, -0.15) is 13.2 Å². The van der Waals surface area contributed by atoms with Crippen LogP contribution in [0.2, 0.25) is 0 Å². The van der Waals surface area contributed by atoms with E-state index in [2.05, 4.69) is 20.6 Å². The van der Waals surface area contributed by atoms with Gasteiger partial charge in [-0.25, -0.2) is 9.98 Å². The fourth-order valence-corrected chi connectivity index (χ4v) is 2.55. The van der Waals surface area contributed by atoms with Crippen molar-refractivity contribution in [2.24, 2.45) is 4.99 Å². The highest BCUT2D eigenvalue weighted by Crippen LogP contribution is 2.29. The van der Waals surface area contributed by atoms with E-state index in [1.54, 1.807) is 12.3 Å². The molecule has 2 heterocycles. The van der Waals surface area contributed by atoms with Crippen molar-refractivity contribution in [1.82, 2.24) is 15.6 Å². The lowest BCUT2D eigenvalue weighted by atomic mass is 10.4. The summed E-state index contributed by atoms with van der Waals surface area (Å²) in [5, 5.41) is 7.59. The molecule has 2 aromatic rings. The average Bonchev–Trinajstić information content (AvgIpc) is 3.15. The van der Waals surface area contributed by atoms with Gasteiger partial charge in [-0.1, -0.05) is 0 Å². The van der Waals surface area contributed by atoms with Crippen LogP contribution in [0.15, 0.2) is 33.2 Å². The van der Waals surface area contributed by atoms with Crippen LogP contribution in [-0.2, 0) is 19.1 Å². The molecule has 0 bridgehead atoms. The smallest absolute Gasteiger partial charge is 0.434 e. The number of rotatable bonds is 6. The Kier molecular flexibility index (Phi) is 8.53. The van der Waals surface area contributed by atoms with Crippen molar-refractivity contribution < 1.29 is 17.6 Å². The van der Waals surface area contributed by atoms with Gasteiger partial charge in [-0.3, -0.25) is 0 Å². The molecule has 24 heavy (non-hydrogen) atoms. The van der Waals surface area contributed by atoms with Gasteiger partial charge in [0.1, 0.15) is 12.3 Å². The summed E-state index contributed by atoms with van der Waals surface area (Å²) in [7, 11) is 0. The van der Waals surface area contributed by atoms with Gasteiger partial charge in [-0.05, 0) is 19.1 Å². The van der Waals surface area contributed by atoms with Crippen molar-refractivity contribution in [2.45, 2.75) is 26.1 Å². The summed E-state index contributed by atoms with van der Waals surface area (Å²) in [4.78, 5) is 7.92. The number of aromatic nitrogens is 1. The van der Waals surface area contributed by atoms with Crippen molar-refractivity contribution in [3.63, 3.8) is 0 Å². The predicted molar refractivity (Wildman–Crippen MR) is 97.8 cm³/mol. The van der Waals surface area contributed by atoms with Crippen LogP contribution in [0.4, 0.5) is 13.2 Å². The maximum atomic E-state index is 12.5. The fourth-order valence-electron chi connectivity index (χ4n) is 1.75. The molecule has 10 heteroatoms. The number of guanidine groups is 1. The topological polar surface area (TPSA) is 62.5 Å². The van der Waals surface area contributed by atoms with E-state index in [0.29, 0.717) is 37.0 Å². The number of furan rings is 1. The molecule has 0 aliphatic carbocycles. The molecule has 2 aromatic heterocycles. The summed E-state index contributed by atoms with van der Waals surface area (Å²) in [5.41, 5.74) is -0.837. The molecule has 0 unspecified atom stereocenters. The van der Waals surface area contributed by atoms with Crippen LogP contribution in [0.3, 0.4) is 0 Å². The molecule has 134 valence electrons. The van der Waals surface area contributed by atoms with Crippen LogP contribution in [0.5, 0.6) is 0 Å². The maximum Gasteiger partial charge on any atom is 0.434 e. The van der Waals surface area contributed by atoms with Gasteiger partial charge in [0, 0.05) is 24.9 Å². The Balaban J connectivity index is 0.00000288. The van der Waals surface area contributed by atoms with Crippen LogP contribution in [0.25, 0.3) is 0 Å². The van der Waals surface area contributed by atoms with E-state index in [0.717, 1.165) is 22.5 Å². The first-order chi connectivity index (χ1) is 11.0. The Bertz CT molecular complexity index is 628. The van der Waals surface area contributed by atoms with Crippen molar-refractivity contribution in [3.8, 4) is 0 Å². The molecule has 0 aromatic carbocycles. The van der Waals surface area contributed by atoms with Gasteiger partial charge in [0.05, 0.1) is 11.3 Å². The molecule has 0 radical (unpaired) electrons. The van der Waals surface area contributed by atoms with E-state index >= 15 is 0 Å². The largest absolute Gasteiger partial charge is 0.467 e. The number of thiazole rings is 1. The van der Waals surface area contributed by atoms with E-state index in [4.69, 9.17) is 4.42 Å². The number of alkyl halides is 3. The van der Waals surface area contributed by atoms with E-state index in [-0.39, 0.29) is 24.0 Å². The van der Waals surface area contributed by atoms with E-state index in [1.165, 1.54) is 0 Å². The number of halogens is 4. The highest BCUT2D eigenvalue weighted by atomic mass is 127. The van der Waals surface area contributed by atoms with Gasteiger partial charge in [0.2, 0.25) is 0 Å². The zero-order valence-electron chi connectivity index (χ0n) is 12.9. The standard InChI is InChI=1S/C14H17F3N4OS.HI/c1-2-18-13(20-8-10-4-3-7-22-10)19-6-5-12-21-11(9-23-12)14(15,16)17;/h3-4,7,9H,2,5-6,8H2,1H3,(H2,18,19,20);1H. The molecule has 2 rings (SSSR count). The molecule has 0 saturated carbocycles. The van der Waals surface area contributed by atoms with Crippen molar-refractivity contribution >= 4 is 41.3 Å². The molecule has 2 N–H and O–H groups in total. The van der Waals surface area contributed by atoms with Gasteiger partial charge in [0.25, 0.3) is 0 Å². The molecule has 5 nitrogen and oxygen atoms in total. The highest BCUT2D eigenvalue weighted by molar-refractivity contribution is 14.0. The third-order valence-corrected chi connectivity index (χ3v) is 3.70. The van der Waals surface area contributed by atoms with E-state index in [1.807, 2.05) is 13.0 Å². The first-order valence-corrected chi connectivity index (χ1v) is 7.93. The minimum Gasteiger partial charge on any atom is -0.467 e. The van der Waals surface area contributed by atoms with Crippen LogP contribution >= 0.6 is 35.3 Å². The normalized spacial score (nSPS) is 11.9. The summed E-state index contributed by atoms with van der Waals surface area (Å²) < 4.78 is 42.6. The second-order valence-corrected chi connectivity index (χ2v) is 5.52. The third kappa shape index (κ3) is 6.67. The highest BCUT2D eigenvalue weighted by Gasteiger charge is 2.33. The van der Waals surface area contributed by atoms with Crippen molar-refractivity contribution in [1.29, 1.82) is 0 Å². The van der Waals surface area contributed by atoms with E-state index < -0.39 is 11.9 Å². The summed E-state index contributed by atoms with van der Waals surface area (Å²) in [6.45, 7) is 3.44. The molecule has 0 aliphatic rings. The Hall–Kier alpha value is -1.30. The van der Waals surface area contributed by atoms with Gasteiger partial charge in [-0.15, -0.1) is 35.3 Å². The summed E-state index contributed by atoms with van der Waals surface area (Å²) >= 11 is 1.01. The van der Waals surface area contributed by atoms with Crippen LogP contribution < -0.4 is 10.6 Å². The molecular formula is C14H18F3IN4OS. The molecule has 0 amide bonds. The number of nitrogens with one attached hydrogen (secondary N) is 2. The van der Waals surface area contributed by atoms with Crippen LogP contribution in [0, 0.1) is 0 Å². The summed E-state index contributed by atoms with van der Waals surface area (Å²) in [6, 6.07) is 3.60. The lowest BCUT2D eigenvalue weighted by Gasteiger charge is -2.10. The lowest BCUT2D eigenvalue weighted by molar-refractivity contribution is -0.140. The third-order valence-electron chi connectivity index (χ3n) is 2.79. The molecule has 0 aliphatic heterocycles. The quantitative estimate of drug-likeness (QED) is 0.381. The molecule has 0 fully saturated rings. The first-order valence-electron chi connectivity index (χ1n) is 7.05. The number of hydrogen-bond donors (Lipinski definition) is 2. The van der Waals surface area contributed by atoms with Gasteiger partial charge >= 0.3 is 6.18 Å². The Morgan fingerprint density at radius 3 is 2.75 bits per heavy atom. The number of hydrogen-bond acceptors (Lipinski definition) is 4. The molecule has 0 saturated heterocycles. The second-order valence-electron chi connectivity index (χ2n) is 4.58. The number of aliphatic imine (C=N–C) groups is 1. The average molecular weight is 474 g/mol. The number of nitrogens with zero attached hydrogens (tertiary/aromatic N) is 2. The minimum absolute atomic E-state index is 0. The Morgan fingerprint density at radius 2 is 2.17 bits per heavy atom. The van der Waals surface area contributed by atoms with E-state index in [9.17, 15) is 13.2 Å². The minimum atomic E-state index is -4.39. The van der Waals surface area contributed by atoms with Gasteiger partial charge in [0.15, 0.2) is 11.7 Å². The predicted octanol–water partition coefficient (Wildman–Crippen LogP) is 3.67. The van der Waals surface area contributed by atoms with Crippen LogP contribution in [-0.4, -0.2) is 24.0 Å². The SMILES string of the molecule is CCNC(=NCc1ccco1)NCCc1nc(C(F)(F)F)cs1.I. The second kappa shape index (κ2) is 9.87. The van der Waals surface area contributed by atoms with Gasteiger partial charge < -0.3 is 15.1 Å². The molecule has 0 atom stereocenters. The molecular weight excluding hydrogens is 456 g/mol. The first kappa shape index (κ1) is 20.7. The zero-order valence-corrected chi connectivity index (χ0v) is 16.0. The fraction of sp³-hybridized carbons (Fsp3) is 0.429. The lowest BCUT2D eigenvalue weighted by Crippen LogP contribution is -2.38. The van der Waals surface area contributed by atoms with Crippen LogP contribution in [0.1, 0.15) is 23.4 Å². The summed E-state index contributed by atoms with van der Waals surface area (Å²) in [5.74, 6) is 1.31. The maximum absolute atomic E-state index is 12.5. The zero-order chi connectivity index (χ0) is 16.7. The Labute approximate surface area is 158 Å². The molecule has 0 spiro atoms. The van der Waals surface area contributed by atoms with Crippen molar-refractivity contribution in [3.05, 3.63) is 40.2 Å². The monoisotopic (exact) mass is 474 g/mol. The van der Waals surface area contributed by atoms with Crippen molar-refractivity contribution in [2.75, 3.05) is 13.1 Å². The summed E-state index contributed by atoms with van der Waals surface area (Å²) in [6.07, 6.45) is -2.42. The Morgan fingerprint density at radius 1 is 1.38 bits per heavy atom.